The Morgan fingerprint density at radius 1 is 0.966 bits per heavy atom. The Kier molecular flexibility index (Phi) is 11.1. The van der Waals surface area contributed by atoms with E-state index in [9.17, 15) is 38.3 Å². The zero-order valence-corrected chi connectivity index (χ0v) is 32.2. The van der Waals surface area contributed by atoms with Gasteiger partial charge in [0.05, 0.1) is 21.7 Å². The lowest BCUT2D eigenvalue weighted by atomic mass is 10.0. The zero-order valence-electron chi connectivity index (χ0n) is 31.4. The number of anilines is 3. The Morgan fingerprint density at radius 2 is 1.71 bits per heavy atom. The van der Waals surface area contributed by atoms with E-state index in [1.54, 1.807) is 24.1 Å². The molecule has 4 heterocycles. The molecule has 4 N–H and O–H groups in total. The molecule has 19 heteroatoms. The van der Waals surface area contributed by atoms with Crippen LogP contribution in [0.3, 0.4) is 0 Å². The first-order valence-electron chi connectivity index (χ1n) is 18.5. The molecule has 7 rings (SSSR count). The van der Waals surface area contributed by atoms with Crippen LogP contribution in [-0.4, -0.2) is 124 Å². The maximum Gasteiger partial charge on any atom is 0.264 e. The van der Waals surface area contributed by atoms with E-state index in [1.807, 2.05) is 4.90 Å². The number of fused-ring (bicyclic) bond motifs is 2. The van der Waals surface area contributed by atoms with Crippen LogP contribution < -0.4 is 20.9 Å². The highest BCUT2D eigenvalue weighted by atomic mass is 35.5. The molecule has 0 aliphatic carbocycles. The molecule has 2 saturated heterocycles. The lowest BCUT2D eigenvalue weighted by molar-refractivity contribution is -0.136. The van der Waals surface area contributed by atoms with Crippen LogP contribution in [0.25, 0.3) is 22.0 Å². The van der Waals surface area contributed by atoms with Crippen LogP contribution in [0.5, 0.6) is 5.75 Å². The Morgan fingerprint density at radius 3 is 2.41 bits per heavy atom. The number of hydrogen-bond donors (Lipinski definition) is 4. The van der Waals surface area contributed by atoms with Gasteiger partial charge in [-0.2, -0.15) is 4.98 Å². The summed E-state index contributed by atoms with van der Waals surface area (Å²) >= 11 is 6.54. The molecule has 0 radical (unpaired) electrons. The van der Waals surface area contributed by atoms with Crippen LogP contribution in [0, 0.1) is 11.6 Å². The number of halogens is 3. The normalized spacial score (nSPS) is 16.8. The minimum atomic E-state index is -1.10. The van der Waals surface area contributed by atoms with E-state index in [2.05, 4.69) is 25.9 Å². The number of aromatic hydroxyl groups is 1. The number of phenols is 1. The average Bonchev–Trinajstić information content (AvgIpc) is 3.44. The second-order valence-electron chi connectivity index (χ2n) is 14.0. The number of imide groups is 2. The van der Waals surface area contributed by atoms with Crippen molar-refractivity contribution in [2.45, 2.75) is 32.2 Å². The van der Waals surface area contributed by atoms with Gasteiger partial charge in [0, 0.05) is 89.3 Å². The van der Waals surface area contributed by atoms with E-state index in [0.717, 1.165) is 11.0 Å². The maximum absolute atomic E-state index is 16.4. The third kappa shape index (κ3) is 7.54. The summed E-state index contributed by atoms with van der Waals surface area (Å²) in [5, 5.41) is 18.8. The number of hydrogen-bond acceptors (Lipinski definition) is 12. The van der Waals surface area contributed by atoms with Crippen LogP contribution in [0.1, 0.15) is 46.9 Å². The zero-order chi connectivity index (χ0) is 41.4. The van der Waals surface area contributed by atoms with E-state index in [4.69, 9.17) is 11.6 Å². The van der Waals surface area contributed by atoms with Crippen LogP contribution >= 0.6 is 11.6 Å². The molecule has 1 atom stereocenters. The number of carbonyl (C=O) groups excluding carboxylic acids is 6. The molecule has 3 aromatic carbocycles. The third-order valence-electron chi connectivity index (χ3n) is 10.4. The highest BCUT2D eigenvalue weighted by molar-refractivity contribution is 6.34. The molecule has 16 nitrogen and oxygen atoms in total. The van der Waals surface area contributed by atoms with Gasteiger partial charge < -0.3 is 30.4 Å². The highest BCUT2D eigenvalue weighted by Crippen LogP contribution is 2.42. The van der Waals surface area contributed by atoms with E-state index >= 15 is 4.39 Å². The summed E-state index contributed by atoms with van der Waals surface area (Å²) in [6.45, 7) is 3.41. The minimum Gasteiger partial charge on any atom is -0.507 e. The monoisotopic (exact) mass is 817 g/mol. The van der Waals surface area contributed by atoms with Crippen molar-refractivity contribution < 1.29 is 42.7 Å². The molecule has 0 saturated carbocycles. The van der Waals surface area contributed by atoms with Crippen molar-refractivity contribution >= 4 is 75.4 Å². The number of piperidine rings is 1. The van der Waals surface area contributed by atoms with Gasteiger partial charge in [0.1, 0.15) is 28.9 Å². The first-order valence-corrected chi connectivity index (χ1v) is 18.9. The predicted octanol–water partition coefficient (Wildman–Crippen LogP) is 3.38. The average molecular weight is 818 g/mol. The van der Waals surface area contributed by atoms with Crippen LogP contribution in [0.4, 0.5) is 26.2 Å². The van der Waals surface area contributed by atoms with Crippen LogP contribution in [0.15, 0.2) is 42.5 Å². The lowest BCUT2D eigenvalue weighted by Crippen LogP contribution is -2.54. The van der Waals surface area contributed by atoms with Crippen molar-refractivity contribution in [1.29, 1.82) is 0 Å². The lowest BCUT2D eigenvalue weighted by Gasteiger charge is -2.35. The first kappa shape index (κ1) is 39.8. The standard InChI is InChI=1S/C39H38ClF2N9O7/c1-20(52)49-15-17-50(18-16-49)35-22-19-23(40)31(32-24(41)6-4-8-27(32)53)33(42)34(22)46-39(47-35)44-12-11-29(55)48(2)14-13-43-25-7-3-5-21-30(25)38(58)51(37(21)57)26-9-10-28(54)45-36(26)56/h3-8,19,26,43,53H,9-18H2,1-2H3,(H,44,46,47)(H,45,54,56). The van der Waals surface area contributed by atoms with Crippen molar-refractivity contribution in [2.75, 3.05) is 68.4 Å². The molecule has 6 amide bonds. The Bertz CT molecular complexity index is 2370. The molecular formula is C39H38ClF2N9O7. The fourth-order valence-corrected chi connectivity index (χ4v) is 7.63. The van der Waals surface area contributed by atoms with Gasteiger partial charge in [0.15, 0.2) is 5.82 Å². The summed E-state index contributed by atoms with van der Waals surface area (Å²) < 4.78 is 31.4. The van der Waals surface area contributed by atoms with Gasteiger partial charge in [0.25, 0.3) is 11.8 Å². The van der Waals surface area contributed by atoms with Crippen molar-refractivity contribution in [3.05, 3.63) is 70.2 Å². The second kappa shape index (κ2) is 16.2. The fraction of sp³-hybridized carbons (Fsp3) is 0.333. The van der Waals surface area contributed by atoms with Crippen LogP contribution in [-0.2, 0) is 19.2 Å². The molecule has 302 valence electrons. The van der Waals surface area contributed by atoms with Crippen LogP contribution in [0.2, 0.25) is 5.02 Å². The van der Waals surface area contributed by atoms with Crippen molar-refractivity contribution in [3.63, 3.8) is 0 Å². The van der Waals surface area contributed by atoms with Gasteiger partial charge in [-0.05, 0) is 36.8 Å². The minimum absolute atomic E-state index is 0.000233. The number of nitrogens with zero attached hydrogens (tertiary/aromatic N) is 6. The molecule has 2 fully saturated rings. The predicted molar refractivity (Wildman–Crippen MR) is 208 cm³/mol. The smallest absolute Gasteiger partial charge is 0.264 e. The quantitative estimate of drug-likeness (QED) is 0.161. The SMILES string of the molecule is CC(=O)N1CCN(c2nc(NCCC(=O)N(C)CCNc3cccc4c3C(=O)N(C3CCC(=O)NC3=O)C4=O)nc3c(F)c(-c4c(O)cccc4F)c(Cl)cc23)CC1. The molecule has 4 aromatic rings. The van der Waals surface area contributed by atoms with E-state index in [1.165, 1.54) is 36.1 Å². The number of phenolic OH excluding ortho intramolecular Hbond substituents is 1. The largest absolute Gasteiger partial charge is 0.507 e. The molecule has 1 unspecified atom stereocenters. The Hall–Kier alpha value is -6.43. The Labute approximate surface area is 335 Å². The molecular weight excluding hydrogens is 780 g/mol. The van der Waals surface area contributed by atoms with Gasteiger partial charge in [-0.25, -0.2) is 13.8 Å². The summed E-state index contributed by atoms with van der Waals surface area (Å²) in [6.07, 6.45) is -0.00172. The summed E-state index contributed by atoms with van der Waals surface area (Å²) in [4.78, 5) is 90.7. The van der Waals surface area contributed by atoms with Crippen molar-refractivity contribution in [2.24, 2.45) is 0 Å². The number of carbonyl (C=O) groups is 6. The van der Waals surface area contributed by atoms with Gasteiger partial charge in [-0.15, -0.1) is 0 Å². The fourth-order valence-electron chi connectivity index (χ4n) is 7.34. The van der Waals surface area contributed by atoms with E-state index < -0.39 is 52.6 Å². The third-order valence-corrected chi connectivity index (χ3v) is 10.7. The first-order chi connectivity index (χ1) is 27.7. The maximum atomic E-state index is 16.4. The molecule has 1 aromatic heterocycles. The number of rotatable bonds is 11. The summed E-state index contributed by atoms with van der Waals surface area (Å²) in [5.74, 6) is -4.94. The summed E-state index contributed by atoms with van der Waals surface area (Å²) in [5.41, 5.74) is -0.437. The number of piperazine rings is 1. The molecule has 3 aliphatic rings. The number of nitrogens with one attached hydrogen (secondary N) is 3. The van der Waals surface area contributed by atoms with Gasteiger partial charge in [-0.3, -0.25) is 39.0 Å². The van der Waals surface area contributed by atoms with E-state index in [0.29, 0.717) is 37.7 Å². The summed E-state index contributed by atoms with van der Waals surface area (Å²) in [6, 6.07) is 8.57. The molecule has 58 heavy (non-hydrogen) atoms. The molecule has 0 bridgehead atoms. The molecule has 0 spiro atoms. The van der Waals surface area contributed by atoms with Gasteiger partial charge in [0.2, 0.25) is 29.6 Å². The van der Waals surface area contributed by atoms with E-state index in [-0.39, 0.29) is 89.3 Å². The topological polar surface area (TPSA) is 197 Å². The van der Waals surface area contributed by atoms with Crippen molar-refractivity contribution in [3.8, 4) is 16.9 Å². The number of benzene rings is 3. The van der Waals surface area contributed by atoms with Gasteiger partial charge in [-0.1, -0.05) is 23.7 Å². The summed E-state index contributed by atoms with van der Waals surface area (Å²) in [7, 11) is 1.59. The molecule has 3 aliphatic heterocycles. The second-order valence-corrected chi connectivity index (χ2v) is 14.4. The number of aromatic nitrogens is 2. The number of likely N-dealkylation sites (N-methyl/N-ethyl adjacent to an activating group) is 1. The Balaban J connectivity index is 1.03. The van der Waals surface area contributed by atoms with Gasteiger partial charge >= 0.3 is 0 Å². The van der Waals surface area contributed by atoms with Crippen molar-refractivity contribution in [1.82, 2.24) is 30.0 Å². The number of amides is 6. The highest BCUT2D eigenvalue weighted by Gasteiger charge is 2.45.